The molecule has 0 bridgehead atoms. The number of halogens is 1. The molecule has 0 amide bonds. The molecule has 0 aliphatic carbocycles. The first-order valence-electron chi connectivity index (χ1n) is 5.34. The Bertz CT molecular complexity index is 770. The molecule has 2 aromatic rings. The standard InChI is InChI=1S/C11H10BrN3O4S/c1-15-6-8(5-13-15)20(18,19)14-10-4-7(12)2-3-9(10)11(16)17/h2-6,14H,1H3,(H,16,17). The van der Waals surface area contributed by atoms with E-state index in [0.29, 0.717) is 4.47 Å². The molecule has 1 aromatic carbocycles. The number of aromatic nitrogens is 2. The Hall–Kier alpha value is -1.87. The van der Waals surface area contributed by atoms with Crippen molar-refractivity contribution in [2.45, 2.75) is 4.90 Å². The molecule has 0 saturated heterocycles. The number of nitrogens with one attached hydrogen (secondary N) is 1. The van der Waals surface area contributed by atoms with E-state index in [1.165, 1.54) is 35.3 Å². The number of rotatable bonds is 4. The number of hydrogen-bond donors (Lipinski definition) is 2. The van der Waals surface area contributed by atoms with Gasteiger partial charge in [0.05, 0.1) is 17.4 Å². The molecule has 2 N–H and O–H groups in total. The summed E-state index contributed by atoms with van der Waals surface area (Å²) in [5.74, 6) is -1.22. The van der Waals surface area contributed by atoms with Crippen LogP contribution in [0.15, 0.2) is 40.0 Å². The second kappa shape index (κ2) is 5.25. The van der Waals surface area contributed by atoms with Crippen molar-refractivity contribution in [2.24, 2.45) is 7.05 Å². The summed E-state index contributed by atoms with van der Waals surface area (Å²) in [6.45, 7) is 0. The van der Waals surface area contributed by atoms with E-state index < -0.39 is 16.0 Å². The number of carboxylic acid groups (broad SMARTS) is 1. The summed E-state index contributed by atoms with van der Waals surface area (Å²) in [7, 11) is -2.30. The van der Waals surface area contributed by atoms with Crippen LogP contribution in [0.2, 0.25) is 0 Å². The minimum Gasteiger partial charge on any atom is -0.478 e. The van der Waals surface area contributed by atoms with E-state index >= 15 is 0 Å². The van der Waals surface area contributed by atoms with Crippen LogP contribution in [0.1, 0.15) is 10.4 Å². The molecule has 0 aliphatic rings. The number of benzene rings is 1. The third kappa shape index (κ3) is 2.99. The monoisotopic (exact) mass is 359 g/mol. The van der Waals surface area contributed by atoms with Crippen LogP contribution in [0.5, 0.6) is 0 Å². The molecule has 0 atom stereocenters. The number of sulfonamides is 1. The summed E-state index contributed by atoms with van der Waals surface area (Å²) in [5, 5.41) is 12.8. The maximum absolute atomic E-state index is 12.1. The zero-order chi connectivity index (χ0) is 14.9. The molecule has 2 rings (SSSR count). The fraction of sp³-hybridized carbons (Fsp3) is 0.0909. The highest BCUT2D eigenvalue weighted by atomic mass is 79.9. The fourth-order valence-corrected chi connectivity index (χ4v) is 2.94. The third-order valence-corrected chi connectivity index (χ3v) is 4.26. The van der Waals surface area contributed by atoms with Gasteiger partial charge < -0.3 is 5.11 Å². The predicted octanol–water partition coefficient (Wildman–Crippen LogP) is 1.68. The van der Waals surface area contributed by atoms with E-state index in [-0.39, 0.29) is 16.1 Å². The van der Waals surface area contributed by atoms with Gasteiger partial charge in [0.15, 0.2) is 0 Å². The van der Waals surface area contributed by atoms with Gasteiger partial charge in [-0.2, -0.15) is 5.10 Å². The summed E-state index contributed by atoms with van der Waals surface area (Å²) in [4.78, 5) is 11.0. The lowest BCUT2D eigenvalue weighted by Gasteiger charge is -2.09. The van der Waals surface area contributed by atoms with E-state index in [0.717, 1.165) is 0 Å². The van der Waals surface area contributed by atoms with Gasteiger partial charge in [0, 0.05) is 17.7 Å². The number of aromatic carboxylic acids is 1. The van der Waals surface area contributed by atoms with Gasteiger partial charge in [-0.3, -0.25) is 9.40 Å². The molecule has 0 fully saturated rings. The first-order valence-corrected chi connectivity index (χ1v) is 7.61. The maximum atomic E-state index is 12.1. The highest BCUT2D eigenvalue weighted by Gasteiger charge is 2.20. The van der Waals surface area contributed by atoms with Crippen LogP contribution in [0.4, 0.5) is 5.69 Å². The van der Waals surface area contributed by atoms with Crippen molar-refractivity contribution in [3.05, 3.63) is 40.6 Å². The van der Waals surface area contributed by atoms with Crippen molar-refractivity contribution in [3.63, 3.8) is 0 Å². The molecule has 1 aromatic heterocycles. The second-order valence-corrected chi connectivity index (χ2v) is 6.55. The highest BCUT2D eigenvalue weighted by molar-refractivity contribution is 9.10. The van der Waals surface area contributed by atoms with E-state index in [1.807, 2.05) is 0 Å². The highest BCUT2D eigenvalue weighted by Crippen LogP contribution is 2.24. The van der Waals surface area contributed by atoms with E-state index in [9.17, 15) is 13.2 Å². The van der Waals surface area contributed by atoms with E-state index in [1.54, 1.807) is 7.05 Å². The van der Waals surface area contributed by atoms with Gasteiger partial charge in [0.1, 0.15) is 4.90 Å². The lowest BCUT2D eigenvalue weighted by Crippen LogP contribution is -2.15. The Balaban J connectivity index is 2.44. The van der Waals surface area contributed by atoms with Crippen LogP contribution in [-0.4, -0.2) is 29.3 Å². The Morgan fingerprint density at radius 3 is 2.70 bits per heavy atom. The van der Waals surface area contributed by atoms with Crippen molar-refractivity contribution in [2.75, 3.05) is 4.72 Å². The summed E-state index contributed by atoms with van der Waals surface area (Å²) >= 11 is 3.17. The minimum atomic E-state index is -3.88. The molecule has 7 nitrogen and oxygen atoms in total. The lowest BCUT2D eigenvalue weighted by molar-refractivity contribution is 0.0698. The van der Waals surface area contributed by atoms with Crippen molar-refractivity contribution < 1.29 is 18.3 Å². The van der Waals surface area contributed by atoms with Gasteiger partial charge in [0.25, 0.3) is 10.0 Å². The Kier molecular flexibility index (Phi) is 3.82. The number of aryl methyl sites for hydroxylation is 1. The molecule has 1 heterocycles. The molecule has 0 spiro atoms. The fourth-order valence-electron chi connectivity index (χ4n) is 1.53. The average molecular weight is 360 g/mol. The average Bonchev–Trinajstić information content (AvgIpc) is 2.75. The molecule has 0 aliphatic heterocycles. The quantitative estimate of drug-likeness (QED) is 0.864. The third-order valence-electron chi connectivity index (χ3n) is 2.45. The topological polar surface area (TPSA) is 101 Å². The first-order chi connectivity index (χ1) is 9.29. The Labute approximate surface area is 123 Å². The minimum absolute atomic E-state index is 0.0178. The van der Waals surface area contributed by atoms with Crippen molar-refractivity contribution in [1.82, 2.24) is 9.78 Å². The van der Waals surface area contributed by atoms with Crippen molar-refractivity contribution >= 4 is 37.6 Å². The van der Waals surface area contributed by atoms with E-state index in [2.05, 4.69) is 25.8 Å². The summed E-state index contributed by atoms with van der Waals surface area (Å²) in [6.07, 6.45) is 2.50. The van der Waals surface area contributed by atoms with Crippen LogP contribution in [-0.2, 0) is 17.1 Å². The van der Waals surface area contributed by atoms with Crippen molar-refractivity contribution in [3.8, 4) is 0 Å². The molecular formula is C11H10BrN3O4S. The summed E-state index contributed by atoms with van der Waals surface area (Å²) in [5.41, 5.74) is -0.156. The molecule has 0 radical (unpaired) electrons. The van der Waals surface area contributed by atoms with Gasteiger partial charge in [-0.25, -0.2) is 13.2 Å². The van der Waals surface area contributed by atoms with Gasteiger partial charge in [0.2, 0.25) is 0 Å². The van der Waals surface area contributed by atoms with Gasteiger partial charge in [-0.05, 0) is 18.2 Å². The van der Waals surface area contributed by atoms with Crippen molar-refractivity contribution in [1.29, 1.82) is 0 Å². The Morgan fingerprint density at radius 2 is 2.15 bits per heavy atom. The van der Waals surface area contributed by atoms with Crippen LogP contribution in [0.25, 0.3) is 0 Å². The van der Waals surface area contributed by atoms with Gasteiger partial charge in [-0.15, -0.1) is 0 Å². The molecule has 106 valence electrons. The number of nitrogens with zero attached hydrogens (tertiary/aromatic N) is 2. The SMILES string of the molecule is Cn1cc(S(=O)(=O)Nc2cc(Br)ccc2C(=O)O)cn1. The normalized spacial score (nSPS) is 11.3. The number of anilines is 1. The lowest BCUT2D eigenvalue weighted by atomic mass is 10.2. The number of carboxylic acids is 1. The smallest absolute Gasteiger partial charge is 0.337 e. The zero-order valence-corrected chi connectivity index (χ0v) is 12.6. The Morgan fingerprint density at radius 1 is 1.45 bits per heavy atom. The summed E-state index contributed by atoms with van der Waals surface area (Å²) < 4.78 is 28.4. The molecule has 9 heteroatoms. The second-order valence-electron chi connectivity index (χ2n) is 3.95. The van der Waals surface area contributed by atoms with Gasteiger partial charge in [-0.1, -0.05) is 15.9 Å². The van der Waals surface area contributed by atoms with E-state index in [4.69, 9.17) is 5.11 Å². The number of carbonyl (C=O) groups is 1. The van der Waals surface area contributed by atoms with Crippen LogP contribution in [0.3, 0.4) is 0 Å². The maximum Gasteiger partial charge on any atom is 0.337 e. The van der Waals surface area contributed by atoms with Crippen LogP contribution in [0, 0.1) is 0 Å². The van der Waals surface area contributed by atoms with Crippen LogP contribution >= 0.6 is 15.9 Å². The summed E-state index contributed by atoms with van der Waals surface area (Å²) in [6, 6.07) is 4.22. The number of hydrogen-bond acceptors (Lipinski definition) is 4. The zero-order valence-electron chi connectivity index (χ0n) is 10.2. The van der Waals surface area contributed by atoms with Gasteiger partial charge >= 0.3 is 5.97 Å². The van der Waals surface area contributed by atoms with Crippen LogP contribution < -0.4 is 4.72 Å². The predicted molar refractivity (Wildman–Crippen MR) is 75.1 cm³/mol. The first kappa shape index (κ1) is 14.5. The molecule has 0 saturated carbocycles. The molecule has 20 heavy (non-hydrogen) atoms. The molecular weight excluding hydrogens is 350 g/mol. The molecule has 0 unspecified atom stereocenters. The largest absolute Gasteiger partial charge is 0.478 e.